The van der Waals surface area contributed by atoms with E-state index in [1.54, 1.807) is 0 Å². The monoisotopic (exact) mass is 259 g/mol. The summed E-state index contributed by atoms with van der Waals surface area (Å²) >= 11 is -4.08. The van der Waals surface area contributed by atoms with Crippen molar-refractivity contribution in [3.05, 3.63) is 0 Å². The predicted molar refractivity (Wildman–Crippen MR) is 47.8 cm³/mol. The van der Waals surface area contributed by atoms with E-state index in [0.29, 0.717) is 12.8 Å². The third kappa shape index (κ3) is 1.59. The van der Waals surface area contributed by atoms with E-state index in [-0.39, 0.29) is 12.3 Å². The average Bonchev–Trinajstić information content (AvgIpc) is 2.77. The summed E-state index contributed by atoms with van der Waals surface area (Å²) in [5, 5.41) is -4.96. The van der Waals surface area contributed by atoms with E-state index >= 15 is 0 Å². The van der Waals surface area contributed by atoms with E-state index < -0.39 is 34.1 Å². The highest BCUT2D eigenvalue weighted by molar-refractivity contribution is 7.80. The van der Waals surface area contributed by atoms with Gasteiger partial charge in [-0.15, -0.1) is 0 Å². The molecule has 4 unspecified atom stereocenters. The van der Waals surface area contributed by atoms with Crippen molar-refractivity contribution in [2.75, 3.05) is 0 Å². The van der Waals surface area contributed by atoms with Crippen LogP contribution < -0.4 is 0 Å². The maximum absolute atomic E-state index is 13.5. The standard InChI is InChI=1S/C9H12F4O2S/c10-8(11,9(12,13)16(14)15)7-4-5-1-2-6(7)3-5/h5-7H,1-4H2,(H,14,15)/p-1. The SMILES string of the molecule is O=S([O-])C(F)(F)C(F)(F)C1CC2CCC1C2. The summed E-state index contributed by atoms with van der Waals surface area (Å²) in [6.45, 7) is 0. The zero-order valence-corrected chi connectivity index (χ0v) is 9.11. The first-order valence-corrected chi connectivity index (χ1v) is 6.19. The number of hydrogen-bond donors (Lipinski definition) is 0. The molecule has 0 aromatic rings. The lowest BCUT2D eigenvalue weighted by Gasteiger charge is -2.36. The molecule has 0 aliphatic heterocycles. The van der Waals surface area contributed by atoms with Gasteiger partial charge in [-0.05, 0) is 31.1 Å². The molecule has 0 aromatic carbocycles. The summed E-state index contributed by atoms with van der Waals surface area (Å²) in [4.78, 5) is 0. The molecule has 0 aromatic heterocycles. The first-order valence-electron chi connectivity index (χ1n) is 5.11. The van der Waals surface area contributed by atoms with E-state index in [2.05, 4.69) is 0 Å². The van der Waals surface area contributed by atoms with Crippen molar-refractivity contribution in [1.29, 1.82) is 0 Å². The van der Waals surface area contributed by atoms with Crippen LogP contribution >= 0.6 is 0 Å². The fraction of sp³-hybridized carbons (Fsp3) is 1.00. The summed E-state index contributed by atoms with van der Waals surface area (Å²) in [6.07, 6.45) is 1.85. The largest absolute Gasteiger partial charge is 0.768 e. The number of rotatable bonds is 3. The van der Waals surface area contributed by atoms with Crippen LogP contribution in [0.1, 0.15) is 25.7 Å². The van der Waals surface area contributed by atoms with Crippen LogP contribution in [-0.4, -0.2) is 19.9 Å². The van der Waals surface area contributed by atoms with E-state index in [4.69, 9.17) is 0 Å². The number of halogens is 4. The van der Waals surface area contributed by atoms with E-state index in [0.717, 1.165) is 6.42 Å². The smallest absolute Gasteiger partial charge is 0.371 e. The Morgan fingerprint density at radius 2 is 1.75 bits per heavy atom. The predicted octanol–water partition coefficient (Wildman–Crippen LogP) is 2.53. The molecule has 2 nitrogen and oxygen atoms in total. The van der Waals surface area contributed by atoms with Gasteiger partial charge in [-0.3, -0.25) is 4.21 Å². The van der Waals surface area contributed by atoms with Gasteiger partial charge in [0.2, 0.25) is 0 Å². The lowest BCUT2D eigenvalue weighted by Crippen LogP contribution is -2.50. The molecule has 0 heterocycles. The first-order chi connectivity index (χ1) is 7.26. The van der Waals surface area contributed by atoms with Gasteiger partial charge in [-0.2, -0.15) is 17.6 Å². The third-order valence-corrected chi connectivity index (χ3v) is 4.49. The van der Waals surface area contributed by atoms with Crippen LogP contribution in [0.15, 0.2) is 0 Å². The Hall–Kier alpha value is -0.170. The van der Waals surface area contributed by atoms with Crippen molar-refractivity contribution in [3.63, 3.8) is 0 Å². The molecule has 2 bridgehead atoms. The van der Waals surface area contributed by atoms with Crippen molar-refractivity contribution >= 4 is 11.1 Å². The maximum Gasteiger partial charge on any atom is 0.371 e. The molecule has 0 spiro atoms. The Morgan fingerprint density at radius 3 is 2.12 bits per heavy atom. The highest BCUT2D eigenvalue weighted by Gasteiger charge is 2.66. The quantitative estimate of drug-likeness (QED) is 0.577. The van der Waals surface area contributed by atoms with Gasteiger partial charge in [0.1, 0.15) is 0 Å². The second-order valence-electron chi connectivity index (χ2n) is 4.66. The molecular formula is C9H11F4O2S-. The Balaban J connectivity index is 2.22. The third-order valence-electron chi connectivity index (χ3n) is 3.80. The summed E-state index contributed by atoms with van der Waals surface area (Å²) in [6, 6.07) is 0. The molecule has 2 aliphatic carbocycles. The normalized spacial score (nSPS) is 36.7. The number of hydrogen-bond acceptors (Lipinski definition) is 2. The van der Waals surface area contributed by atoms with Crippen molar-refractivity contribution in [2.45, 2.75) is 36.9 Å². The number of fused-ring (bicyclic) bond motifs is 2. The zero-order chi connectivity index (χ0) is 12.1. The van der Waals surface area contributed by atoms with Gasteiger partial charge in [-0.1, -0.05) is 6.42 Å². The lowest BCUT2D eigenvalue weighted by atomic mass is 9.84. The van der Waals surface area contributed by atoms with Crippen LogP contribution in [0.5, 0.6) is 0 Å². The molecule has 0 amide bonds. The molecule has 16 heavy (non-hydrogen) atoms. The highest BCUT2D eigenvalue weighted by atomic mass is 32.2. The van der Waals surface area contributed by atoms with Gasteiger partial charge >= 0.3 is 11.2 Å². The Bertz CT molecular complexity index is 321. The van der Waals surface area contributed by atoms with Crippen LogP contribution in [0.2, 0.25) is 0 Å². The number of alkyl halides is 4. The Labute approximate surface area is 92.7 Å². The van der Waals surface area contributed by atoms with Gasteiger partial charge in [0.05, 0.1) is 0 Å². The van der Waals surface area contributed by atoms with Crippen molar-refractivity contribution in [2.24, 2.45) is 17.8 Å². The molecule has 0 N–H and O–H groups in total. The van der Waals surface area contributed by atoms with E-state index in [1.807, 2.05) is 0 Å². The molecule has 2 fully saturated rings. The zero-order valence-electron chi connectivity index (χ0n) is 8.30. The van der Waals surface area contributed by atoms with Gasteiger partial charge < -0.3 is 4.55 Å². The van der Waals surface area contributed by atoms with Crippen molar-refractivity contribution < 1.29 is 26.3 Å². The second-order valence-corrected chi connectivity index (χ2v) is 5.64. The van der Waals surface area contributed by atoms with Crippen LogP contribution in [0, 0.1) is 17.8 Å². The molecule has 0 saturated heterocycles. The molecule has 2 saturated carbocycles. The average molecular weight is 259 g/mol. The van der Waals surface area contributed by atoms with Crippen LogP contribution in [-0.2, 0) is 11.1 Å². The molecule has 2 rings (SSSR count). The molecule has 2 aliphatic rings. The van der Waals surface area contributed by atoms with Crippen molar-refractivity contribution in [1.82, 2.24) is 0 Å². The Kier molecular flexibility index (Phi) is 2.81. The minimum absolute atomic E-state index is 0.0183. The van der Waals surface area contributed by atoms with Crippen LogP contribution in [0.4, 0.5) is 17.6 Å². The highest BCUT2D eigenvalue weighted by Crippen LogP contribution is 2.57. The van der Waals surface area contributed by atoms with Gasteiger partial charge in [0.25, 0.3) is 0 Å². The Morgan fingerprint density at radius 1 is 1.12 bits per heavy atom. The molecule has 94 valence electrons. The summed E-state index contributed by atoms with van der Waals surface area (Å²) in [5.41, 5.74) is 0. The van der Waals surface area contributed by atoms with Gasteiger partial charge in [0, 0.05) is 17.0 Å². The minimum atomic E-state index is -4.96. The fourth-order valence-corrected chi connectivity index (χ4v) is 3.39. The van der Waals surface area contributed by atoms with Crippen LogP contribution in [0.25, 0.3) is 0 Å². The van der Waals surface area contributed by atoms with Gasteiger partial charge in [-0.25, -0.2) is 0 Å². The lowest BCUT2D eigenvalue weighted by molar-refractivity contribution is -0.200. The fourth-order valence-electron chi connectivity index (χ4n) is 3.02. The topological polar surface area (TPSA) is 40.1 Å². The molecule has 4 atom stereocenters. The summed E-state index contributed by atoms with van der Waals surface area (Å²) < 4.78 is 73.2. The molecular weight excluding hydrogens is 248 g/mol. The van der Waals surface area contributed by atoms with Crippen LogP contribution in [0.3, 0.4) is 0 Å². The summed E-state index contributed by atoms with van der Waals surface area (Å²) in [5.74, 6) is -6.32. The van der Waals surface area contributed by atoms with Gasteiger partial charge in [0.15, 0.2) is 0 Å². The minimum Gasteiger partial charge on any atom is -0.768 e. The molecule has 0 radical (unpaired) electrons. The summed E-state index contributed by atoms with van der Waals surface area (Å²) in [7, 11) is 0. The van der Waals surface area contributed by atoms with Crippen molar-refractivity contribution in [3.8, 4) is 0 Å². The van der Waals surface area contributed by atoms with E-state index in [9.17, 15) is 26.3 Å². The molecule has 7 heteroatoms. The maximum atomic E-state index is 13.5. The second kappa shape index (κ2) is 3.66. The first kappa shape index (κ1) is 12.3. The van der Waals surface area contributed by atoms with E-state index in [1.165, 1.54) is 0 Å².